The minimum atomic E-state index is -1.17. The number of hydrogen-bond donors (Lipinski definition) is 2. The number of benzene rings is 1. The average molecular weight is 295 g/mol. The van der Waals surface area contributed by atoms with E-state index in [1.165, 1.54) is 0 Å². The van der Waals surface area contributed by atoms with Crippen molar-refractivity contribution in [3.05, 3.63) is 36.4 Å². The van der Waals surface area contributed by atoms with Crippen LogP contribution in [0.4, 0.5) is 5.69 Å². The second-order valence-electron chi connectivity index (χ2n) is 2.88. The van der Waals surface area contributed by atoms with Gasteiger partial charge in [0.2, 0.25) is 0 Å². The maximum atomic E-state index is 11.2. The van der Waals surface area contributed by atoms with E-state index in [-0.39, 0.29) is 15.0 Å². The molecule has 1 amide bonds. The Bertz CT molecular complexity index is 488. The molecule has 5 nitrogen and oxygen atoms in total. The minimum absolute atomic E-state index is 0.217. The molecule has 86 valence electrons. The molecule has 0 aliphatic carbocycles. The first-order valence-corrected chi connectivity index (χ1v) is 6.21. The van der Waals surface area contributed by atoms with E-state index in [0.29, 0.717) is 5.69 Å². The van der Waals surface area contributed by atoms with E-state index in [2.05, 4.69) is 10.3 Å². The van der Waals surface area contributed by atoms with E-state index in [9.17, 15) is 9.59 Å². The average Bonchev–Trinajstić information content (AvgIpc) is 2.29. The molecule has 0 aliphatic rings. The standard InChI is InChI=1S/C11H8N2O3Se/c12-7-17-9-3-1-8(2-4-9)13-10(14)5-6-11(15)16/h1-6H,(H,13,14)(H,15,16)/b6-5-. The molecule has 0 spiro atoms. The van der Waals surface area contributed by atoms with Gasteiger partial charge in [-0.15, -0.1) is 0 Å². The first-order chi connectivity index (χ1) is 8.11. The molecule has 0 heterocycles. The summed E-state index contributed by atoms with van der Waals surface area (Å²) in [6, 6.07) is 6.83. The molecular formula is C11H8N2O3Se. The third-order valence-corrected chi connectivity index (χ3v) is 2.92. The van der Waals surface area contributed by atoms with Crippen LogP contribution >= 0.6 is 0 Å². The normalized spacial score (nSPS) is 9.82. The fourth-order valence-corrected chi connectivity index (χ4v) is 1.78. The van der Waals surface area contributed by atoms with Crippen molar-refractivity contribution in [2.45, 2.75) is 0 Å². The van der Waals surface area contributed by atoms with Crippen molar-refractivity contribution in [1.29, 1.82) is 5.26 Å². The van der Waals surface area contributed by atoms with E-state index in [1.54, 1.807) is 24.3 Å². The molecular weight excluding hydrogens is 287 g/mol. The molecule has 0 unspecified atom stereocenters. The molecule has 6 heteroatoms. The van der Waals surface area contributed by atoms with Gasteiger partial charge in [-0.25, -0.2) is 0 Å². The van der Waals surface area contributed by atoms with Crippen molar-refractivity contribution in [1.82, 2.24) is 0 Å². The number of nitrogens with zero attached hydrogens (tertiary/aromatic N) is 1. The van der Waals surface area contributed by atoms with Crippen LogP contribution in [0.25, 0.3) is 0 Å². The summed E-state index contributed by atoms with van der Waals surface area (Å²) < 4.78 is 0.916. The van der Waals surface area contributed by atoms with Crippen molar-refractivity contribution in [3.63, 3.8) is 0 Å². The maximum absolute atomic E-state index is 11.2. The van der Waals surface area contributed by atoms with Gasteiger partial charge in [0, 0.05) is 0 Å². The van der Waals surface area contributed by atoms with Gasteiger partial charge in [0.05, 0.1) is 0 Å². The number of amides is 1. The Labute approximate surface area is 104 Å². The molecule has 0 saturated heterocycles. The summed E-state index contributed by atoms with van der Waals surface area (Å²) in [6.45, 7) is 0. The zero-order valence-electron chi connectivity index (χ0n) is 8.58. The van der Waals surface area contributed by atoms with E-state index in [0.717, 1.165) is 16.6 Å². The number of anilines is 1. The number of carbonyl (C=O) groups excluding carboxylic acids is 1. The third-order valence-electron chi connectivity index (χ3n) is 1.66. The Morgan fingerprint density at radius 2 is 1.94 bits per heavy atom. The summed E-state index contributed by atoms with van der Waals surface area (Å²) in [5.74, 6) is -1.68. The number of carbonyl (C=O) groups is 2. The van der Waals surface area contributed by atoms with Crippen LogP contribution in [0.3, 0.4) is 0 Å². The van der Waals surface area contributed by atoms with Gasteiger partial charge in [-0.05, 0) is 0 Å². The molecule has 0 fully saturated rings. The van der Waals surface area contributed by atoms with Gasteiger partial charge in [0.15, 0.2) is 0 Å². The number of hydrogen-bond acceptors (Lipinski definition) is 3. The van der Waals surface area contributed by atoms with Crippen molar-refractivity contribution in [2.75, 3.05) is 5.32 Å². The monoisotopic (exact) mass is 296 g/mol. The Morgan fingerprint density at radius 1 is 1.29 bits per heavy atom. The van der Waals surface area contributed by atoms with Crippen molar-refractivity contribution in [3.8, 4) is 4.97 Å². The van der Waals surface area contributed by atoms with Gasteiger partial charge in [0.25, 0.3) is 0 Å². The summed E-state index contributed by atoms with van der Waals surface area (Å²) in [5, 5.41) is 19.3. The molecule has 1 aromatic carbocycles. The molecule has 0 saturated carbocycles. The van der Waals surface area contributed by atoms with E-state index >= 15 is 0 Å². The van der Waals surface area contributed by atoms with Crippen LogP contribution in [-0.4, -0.2) is 31.9 Å². The molecule has 1 aromatic rings. The third kappa shape index (κ3) is 4.98. The molecule has 0 atom stereocenters. The fraction of sp³-hybridized carbons (Fsp3) is 0. The van der Waals surface area contributed by atoms with Crippen LogP contribution in [-0.2, 0) is 9.59 Å². The number of rotatable bonds is 4. The van der Waals surface area contributed by atoms with Crippen LogP contribution in [0.1, 0.15) is 0 Å². The Kier molecular flexibility index (Phi) is 4.95. The van der Waals surface area contributed by atoms with Crippen LogP contribution in [0.2, 0.25) is 0 Å². The van der Waals surface area contributed by atoms with Gasteiger partial charge in [0.1, 0.15) is 0 Å². The number of nitriles is 1. The fourth-order valence-electron chi connectivity index (χ4n) is 0.990. The Hall–Kier alpha value is -2.09. The van der Waals surface area contributed by atoms with E-state index < -0.39 is 11.9 Å². The predicted molar refractivity (Wildman–Crippen MR) is 62.8 cm³/mol. The van der Waals surface area contributed by atoms with Crippen molar-refractivity contribution >= 4 is 37.0 Å². The predicted octanol–water partition coefficient (Wildman–Crippen LogP) is 0.0765. The molecule has 0 aliphatic heterocycles. The summed E-state index contributed by atoms with van der Waals surface area (Å²) in [5.41, 5.74) is 0.558. The molecule has 0 radical (unpaired) electrons. The summed E-state index contributed by atoms with van der Waals surface area (Å²) >= 11 is -0.217. The second-order valence-corrected chi connectivity index (χ2v) is 4.68. The topological polar surface area (TPSA) is 90.2 Å². The van der Waals surface area contributed by atoms with Gasteiger partial charge in [-0.3, -0.25) is 0 Å². The number of aliphatic carboxylic acids is 1. The van der Waals surface area contributed by atoms with Gasteiger partial charge < -0.3 is 0 Å². The number of nitrogens with one attached hydrogen (secondary N) is 1. The zero-order valence-corrected chi connectivity index (χ0v) is 10.3. The quantitative estimate of drug-likeness (QED) is 0.608. The Morgan fingerprint density at radius 3 is 2.47 bits per heavy atom. The van der Waals surface area contributed by atoms with Gasteiger partial charge in [-0.1, -0.05) is 0 Å². The Balaban J connectivity index is 2.60. The van der Waals surface area contributed by atoms with Crippen LogP contribution in [0.5, 0.6) is 0 Å². The van der Waals surface area contributed by atoms with E-state index in [4.69, 9.17) is 10.4 Å². The summed E-state index contributed by atoms with van der Waals surface area (Å²) in [4.78, 5) is 23.5. The van der Waals surface area contributed by atoms with Crippen molar-refractivity contribution in [2.24, 2.45) is 0 Å². The molecule has 2 N–H and O–H groups in total. The SMILES string of the molecule is N#C[Se]c1ccc(NC(=O)/C=C\C(=O)O)cc1. The number of carboxylic acids is 1. The molecule has 0 aromatic heterocycles. The van der Waals surface area contributed by atoms with Crippen LogP contribution in [0.15, 0.2) is 36.4 Å². The first-order valence-electron chi connectivity index (χ1n) is 4.50. The summed E-state index contributed by atoms with van der Waals surface area (Å²) in [7, 11) is 0. The van der Waals surface area contributed by atoms with Crippen molar-refractivity contribution < 1.29 is 14.7 Å². The second kappa shape index (κ2) is 6.48. The van der Waals surface area contributed by atoms with Crippen LogP contribution < -0.4 is 9.78 Å². The zero-order chi connectivity index (χ0) is 12.7. The summed E-state index contributed by atoms with van der Waals surface area (Å²) in [6.07, 6.45) is 1.71. The first kappa shape index (κ1) is 13.0. The van der Waals surface area contributed by atoms with Gasteiger partial charge >= 0.3 is 104 Å². The molecule has 1 rings (SSSR count). The van der Waals surface area contributed by atoms with E-state index in [1.807, 2.05) is 0 Å². The van der Waals surface area contributed by atoms with Gasteiger partial charge in [-0.2, -0.15) is 0 Å². The van der Waals surface area contributed by atoms with Crippen LogP contribution in [0, 0.1) is 10.2 Å². The molecule has 0 bridgehead atoms. The molecule has 17 heavy (non-hydrogen) atoms. The number of carboxylic acid groups (broad SMARTS) is 1.